The summed E-state index contributed by atoms with van der Waals surface area (Å²) in [6.07, 6.45) is 7.69. The van der Waals surface area contributed by atoms with Gasteiger partial charge in [-0.15, -0.1) is 0 Å². The fourth-order valence-corrected chi connectivity index (χ4v) is 0.973. The molecule has 0 radical (unpaired) electrons. The minimum absolute atomic E-state index is 1.00. The summed E-state index contributed by atoms with van der Waals surface area (Å²) in [6.45, 7) is 0. The third-order valence-electron chi connectivity index (χ3n) is 0.771. The van der Waals surface area contributed by atoms with Crippen molar-refractivity contribution in [2.24, 2.45) is 0 Å². The molecule has 0 heterocycles. The molecule has 0 spiro atoms. The fourth-order valence-electron chi connectivity index (χ4n) is 0.447. The first-order valence-corrected chi connectivity index (χ1v) is 4.54. The Labute approximate surface area is 89.3 Å². The molecule has 1 rings (SSSR count). The Bertz CT molecular complexity index is 111. The van der Waals surface area contributed by atoms with Crippen molar-refractivity contribution < 1.29 is 40.0 Å². The van der Waals surface area contributed by atoms with Gasteiger partial charge in [0.25, 0.3) is 0 Å². The van der Waals surface area contributed by atoms with Crippen LogP contribution < -0.4 is 0 Å². The first kappa shape index (κ1) is 18.1. The van der Waals surface area contributed by atoms with Crippen LogP contribution in [-0.2, 0) is 24.7 Å². The molecule has 3 nitrogen and oxygen atoms in total. The van der Waals surface area contributed by atoms with Crippen molar-refractivity contribution in [1.29, 1.82) is 0 Å². The van der Waals surface area contributed by atoms with Crippen LogP contribution in [0.2, 0.25) is 0 Å². The molecule has 0 unspecified atom stereocenters. The molecule has 12 heavy (non-hydrogen) atoms. The number of aliphatic hydroxyl groups is 3. The summed E-state index contributed by atoms with van der Waals surface area (Å²) in [7, 11) is 3.00. The molecule has 0 atom stereocenters. The molecule has 4 heteroatoms. The molecular formula is C8H17O3Zr. The average molecular weight is 252 g/mol. The zero-order valence-corrected chi connectivity index (χ0v) is 10.2. The van der Waals surface area contributed by atoms with Crippen LogP contribution in [0.3, 0.4) is 0 Å². The van der Waals surface area contributed by atoms with E-state index in [0.29, 0.717) is 0 Å². The molecule has 0 aromatic carbocycles. The van der Waals surface area contributed by atoms with Crippen molar-refractivity contribution in [1.82, 2.24) is 0 Å². The molecule has 1 aliphatic carbocycles. The van der Waals surface area contributed by atoms with Gasteiger partial charge < -0.3 is 15.3 Å². The Balaban J connectivity index is -0.000000117. The molecule has 3 N–H and O–H groups in total. The van der Waals surface area contributed by atoms with Crippen molar-refractivity contribution >= 4 is 0 Å². The molecule has 0 aromatic rings. The van der Waals surface area contributed by atoms with Crippen molar-refractivity contribution in [2.75, 3.05) is 21.3 Å². The van der Waals surface area contributed by atoms with Gasteiger partial charge in [-0.05, 0) is 0 Å². The van der Waals surface area contributed by atoms with Crippen LogP contribution in [0.25, 0.3) is 0 Å². The Morgan fingerprint density at radius 3 is 1.58 bits per heavy atom. The molecule has 71 valence electrons. The third-order valence-corrected chi connectivity index (χ3v) is 1.68. The zero-order chi connectivity index (χ0) is 10.4. The van der Waals surface area contributed by atoms with Gasteiger partial charge in [-0.1, -0.05) is 0 Å². The van der Waals surface area contributed by atoms with Gasteiger partial charge in [0, 0.05) is 21.3 Å². The van der Waals surface area contributed by atoms with Crippen LogP contribution in [-0.4, -0.2) is 36.6 Å². The molecule has 0 amide bonds. The summed E-state index contributed by atoms with van der Waals surface area (Å²) < 4.78 is 1.56. The van der Waals surface area contributed by atoms with Crippen molar-refractivity contribution in [3.8, 4) is 0 Å². The van der Waals surface area contributed by atoms with Crippen LogP contribution in [0.5, 0.6) is 0 Å². The quantitative estimate of drug-likeness (QED) is 0.577. The molecule has 0 saturated carbocycles. The van der Waals surface area contributed by atoms with Crippen molar-refractivity contribution in [3.63, 3.8) is 0 Å². The molecule has 0 aromatic heterocycles. The summed E-state index contributed by atoms with van der Waals surface area (Å²) >= 11 is 1.56. The van der Waals surface area contributed by atoms with E-state index >= 15 is 0 Å². The van der Waals surface area contributed by atoms with Gasteiger partial charge in [0.2, 0.25) is 0 Å². The zero-order valence-electron chi connectivity index (χ0n) is 7.78. The Kier molecular flexibility index (Phi) is 33.9. The van der Waals surface area contributed by atoms with Gasteiger partial charge in [0.15, 0.2) is 0 Å². The van der Waals surface area contributed by atoms with Crippen LogP contribution in [0.15, 0.2) is 21.5 Å². The van der Waals surface area contributed by atoms with E-state index < -0.39 is 0 Å². The minimum atomic E-state index is 1.00. The van der Waals surface area contributed by atoms with Gasteiger partial charge in [-0.25, -0.2) is 0 Å². The van der Waals surface area contributed by atoms with Gasteiger partial charge in [-0.2, -0.15) is 0 Å². The van der Waals surface area contributed by atoms with Gasteiger partial charge in [-0.3, -0.25) is 0 Å². The number of allylic oxidation sites excluding steroid dienone is 4. The average Bonchev–Trinajstić information content (AvgIpc) is 2.66. The summed E-state index contributed by atoms with van der Waals surface area (Å²) in [6, 6.07) is 0. The van der Waals surface area contributed by atoms with Crippen LogP contribution in [0.4, 0.5) is 0 Å². The van der Waals surface area contributed by atoms with E-state index in [4.69, 9.17) is 15.3 Å². The monoisotopic (exact) mass is 251 g/mol. The van der Waals surface area contributed by atoms with Crippen LogP contribution >= 0.6 is 0 Å². The number of hydrogen-bond donors (Lipinski definition) is 3. The predicted octanol–water partition coefficient (Wildman–Crippen LogP) is 0.202. The van der Waals surface area contributed by atoms with E-state index in [2.05, 4.69) is 18.2 Å². The Morgan fingerprint density at radius 2 is 1.50 bits per heavy atom. The first-order valence-electron chi connectivity index (χ1n) is 3.31. The summed E-state index contributed by atoms with van der Waals surface area (Å²) in [4.78, 5) is 0. The standard InChI is InChI=1S/C5H5.3CH4O.Zr/c1-2-4-5-3-1;3*1-2;/h1-3H,4H2;3*2H,1H3;. The predicted molar refractivity (Wildman–Crippen MR) is 46.3 cm³/mol. The maximum atomic E-state index is 7.00. The maximum absolute atomic E-state index is 7.00. The summed E-state index contributed by atoms with van der Waals surface area (Å²) in [5, 5.41) is 21.0. The molecule has 0 bridgehead atoms. The number of aliphatic hydroxyl groups excluding tert-OH is 3. The third kappa shape index (κ3) is 16.7. The van der Waals surface area contributed by atoms with E-state index in [0.717, 1.165) is 21.3 Å². The molecule has 0 fully saturated rings. The summed E-state index contributed by atoms with van der Waals surface area (Å²) in [5.41, 5.74) is 0. The molecule has 0 aliphatic heterocycles. The van der Waals surface area contributed by atoms with Gasteiger partial charge in [0.05, 0.1) is 0 Å². The fraction of sp³-hybridized carbons (Fsp3) is 0.500. The van der Waals surface area contributed by atoms with E-state index in [-0.39, 0.29) is 0 Å². The second kappa shape index (κ2) is 22.5. The second-order valence-corrected chi connectivity index (χ2v) is 2.90. The molecule has 1 aliphatic rings. The topological polar surface area (TPSA) is 60.7 Å². The number of rotatable bonds is 0. The SMILES string of the molecule is CO.CO.CO.[Zr][C]1=CC=CC1. The molecular weight excluding hydrogens is 235 g/mol. The van der Waals surface area contributed by atoms with E-state index in [1.54, 1.807) is 28.0 Å². The normalized spacial score (nSPS) is 10.6. The van der Waals surface area contributed by atoms with E-state index in [9.17, 15) is 0 Å². The van der Waals surface area contributed by atoms with Gasteiger partial charge >= 0.3 is 52.6 Å². The molecule has 0 saturated heterocycles. The van der Waals surface area contributed by atoms with E-state index in [1.165, 1.54) is 6.42 Å². The van der Waals surface area contributed by atoms with Crippen LogP contribution in [0.1, 0.15) is 6.42 Å². The van der Waals surface area contributed by atoms with Gasteiger partial charge in [0.1, 0.15) is 0 Å². The van der Waals surface area contributed by atoms with Crippen molar-refractivity contribution in [3.05, 3.63) is 21.5 Å². The Morgan fingerprint density at radius 1 is 1.08 bits per heavy atom. The van der Waals surface area contributed by atoms with Crippen LogP contribution in [0, 0.1) is 0 Å². The summed E-state index contributed by atoms with van der Waals surface area (Å²) in [5.74, 6) is 0. The Hall–Kier alpha value is 0.243. The first-order chi connectivity index (χ1) is 5.89. The number of hydrogen-bond acceptors (Lipinski definition) is 3. The second-order valence-electron chi connectivity index (χ2n) is 1.32. The van der Waals surface area contributed by atoms with E-state index in [1.807, 2.05) is 0 Å². The van der Waals surface area contributed by atoms with Crippen molar-refractivity contribution in [2.45, 2.75) is 6.42 Å².